The van der Waals surface area contributed by atoms with Crippen molar-refractivity contribution >= 4 is 0 Å². The SMILES string of the molecule is COc1ccccc1CN(C)C1CCN(C)CC1. The van der Waals surface area contributed by atoms with Gasteiger partial charge < -0.3 is 9.64 Å². The summed E-state index contributed by atoms with van der Waals surface area (Å²) in [5, 5.41) is 0. The number of rotatable bonds is 4. The summed E-state index contributed by atoms with van der Waals surface area (Å²) in [6.45, 7) is 3.39. The molecule has 0 bridgehead atoms. The molecule has 18 heavy (non-hydrogen) atoms. The monoisotopic (exact) mass is 248 g/mol. The van der Waals surface area contributed by atoms with Gasteiger partial charge in [-0.1, -0.05) is 18.2 Å². The number of benzene rings is 1. The molecule has 1 aromatic rings. The Balaban J connectivity index is 1.96. The molecule has 3 nitrogen and oxygen atoms in total. The first kappa shape index (κ1) is 13.4. The van der Waals surface area contributed by atoms with Gasteiger partial charge in [-0.3, -0.25) is 4.90 Å². The maximum atomic E-state index is 5.42. The fourth-order valence-corrected chi connectivity index (χ4v) is 2.67. The van der Waals surface area contributed by atoms with Crippen molar-refractivity contribution in [2.45, 2.75) is 25.4 Å². The second-order valence-electron chi connectivity index (χ2n) is 5.26. The molecule has 1 aromatic carbocycles. The lowest BCUT2D eigenvalue weighted by atomic mass is 10.0. The van der Waals surface area contributed by atoms with Gasteiger partial charge in [-0.2, -0.15) is 0 Å². The van der Waals surface area contributed by atoms with Crippen molar-refractivity contribution in [3.05, 3.63) is 29.8 Å². The van der Waals surface area contributed by atoms with Crippen LogP contribution >= 0.6 is 0 Å². The van der Waals surface area contributed by atoms with Gasteiger partial charge in [-0.25, -0.2) is 0 Å². The van der Waals surface area contributed by atoms with E-state index in [0.29, 0.717) is 6.04 Å². The fourth-order valence-electron chi connectivity index (χ4n) is 2.67. The van der Waals surface area contributed by atoms with Gasteiger partial charge in [0.1, 0.15) is 5.75 Å². The molecule has 0 spiro atoms. The predicted octanol–water partition coefficient (Wildman–Crippen LogP) is 2.22. The number of hydrogen-bond donors (Lipinski definition) is 0. The maximum absolute atomic E-state index is 5.42. The van der Waals surface area contributed by atoms with Crippen LogP contribution in [0.3, 0.4) is 0 Å². The van der Waals surface area contributed by atoms with Crippen LogP contribution in [0.4, 0.5) is 0 Å². The topological polar surface area (TPSA) is 15.7 Å². The van der Waals surface area contributed by atoms with Crippen LogP contribution in [0.2, 0.25) is 0 Å². The molecule has 0 unspecified atom stereocenters. The van der Waals surface area contributed by atoms with Gasteiger partial charge in [0, 0.05) is 18.2 Å². The van der Waals surface area contributed by atoms with Gasteiger partial charge >= 0.3 is 0 Å². The van der Waals surface area contributed by atoms with E-state index in [0.717, 1.165) is 12.3 Å². The molecule has 0 atom stereocenters. The van der Waals surface area contributed by atoms with Crippen molar-refractivity contribution in [3.63, 3.8) is 0 Å². The van der Waals surface area contributed by atoms with E-state index >= 15 is 0 Å². The highest BCUT2D eigenvalue weighted by atomic mass is 16.5. The Bertz CT molecular complexity index is 373. The quantitative estimate of drug-likeness (QED) is 0.812. The Labute approximate surface area is 110 Å². The van der Waals surface area contributed by atoms with Gasteiger partial charge in [0.15, 0.2) is 0 Å². The molecule has 0 radical (unpaired) electrons. The van der Waals surface area contributed by atoms with Gasteiger partial charge in [0.05, 0.1) is 7.11 Å². The normalized spacial score (nSPS) is 18.2. The Morgan fingerprint density at radius 1 is 1.28 bits per heavy atom. The number of ether oxygens (including phenoxy) is 1. The summed E-state index contributed by atoms with van der Waals surface area (Å²) in [7, 11) is 6.17. The van der Waals surface area contributed by atoms with Crippen LogP contribution < -0.4 is 4.74 Å². The standard InChI is InChI=1S/C15H24N2O/c1-16-10-8-14(9-11-16)17(2)12-13-6-4-5-7-15(13)18-3/h4-7,14H,8-12H2,1-3H3. The highest BCUT2D eigenvalue weighted by Crippen LogP contribution is 2.22. The maximum Gasteiger partial charge on any atom is 0.123 e. The molecule has 2 rings (SSSR count). The summed E-state index contributed by atoms with van der Waals surface area (Å²) in [5.41, 5.74) is 1.28. The molecule has 0 aromatic heterocycles. The van der Waals surface area contributed by atoms with Crippen molar-refractivity contribution in [2.24, 2.45) is 0 Å². The molecular weight excluding hydrogens is 224 g/mol. The summed E-state index contributed by atoms with van der Waals surface area (Å²) in [6, 6.07) is 9.01. The molecule has 100 valence electrons. The largest absolute Gasteiger partial charge is 0.496 e. The zero-order valence-corrected chi connectivity index (χ0v) is 11.7. The molecule has 0 N–H and O–H groups in total. The van der Waals surface area contributed by atoms with E-state index in [1.807, 2.05) is 12.1 Å². The van der Waals surface area contributed by atoms with E-state index in [1.165, 1.54) is 31.5 Å². The third-order valence-corrected chi connectivity index (χ3v) is 3.92. The second-order valence-corrected chi connectivity index (χ2v) is 5.26. The highest BCUT2D eigenvalue weighted by Gasteiger charge is 2.21. The molecule has 0 saturated carbocycles. The molecule has 3 heteroatoms. The van der Waals surface area contributed by atoms with E-state index in [2.05, 4.69) is 36.0 Å². The molecule has 1 heterocycles. The molecule has 1 aliphatic rings. The van der Waals surface area contributed by atoms with Crippen LogP contribution in [-0.2, 0) is 6.54 Å². The van der Waals surface area contributed by atoms with Crippen LogP contribution in [0.1, 0.15) is 18.4 Å². The second kappa shape index (κ2) is 6.21. The van der Waals surface area contributed by atoms with Crippen molar-refractivity contribution in [1.29, 1.82) is 0 Å². The number of para-hydroxylation sites is 1. The lowest BCUT2D eigenvalue weighted by Crippen LogP contribution is -2.41. The average Bonchev–Trinajstić information content (AvgIpc) is 2.40. The summed E-state index contributed by atoms with van der Waals surface area (Å²) >= 11 is 0. The van der Waals surface area contributed by atoms with Crippen molar-refractivity contribution < 1.29 is 4.74 Å². The number of methoxy groups -OCH3 is 1. The summed E-state index contributed by atoms with van der Waals surface area (Å²) in [6.07, 6.45) is 2.53. The number of hydrogen-bond acceptors (Lipinski definition) is 3. The van der Waals surface area contributed by atoms with Crippen molar-refractivity contribution in [3.8, 4) is 5.75 Å². The minimum Gasteiger partial charge on any atom is -0.496 e. The van der Waals surface area contributed by atoms with Crippen LogP contribution in [-0.4, -0.2) is 50.1 Å². The third kappa shape index (κ3) is 3.24. The van der Waals surface area contributed by atoms with E-state index in [1.54, 1.807) is 7.11 Å². The first-order valence-electron chi connectivity index (χ1n) is 6.71. The van der Waals surface area contributed by atoms with E-state index in [9.17, 15) is 0 Å². The number of nitrogens with zero attached hydrogens (tertiary/aromatic N) is 2. The lowest BCUT2D eigenvalue weighted by molar-refractivity contribution is 0.138. The van der Waals surface area contributed by atoms with Crippen LogP contribution in [0, 0.1) is 0 Å². The van der Waals surface area contributed by atoms with E-state index < -0.39 is 0 Å². The first-order valence-corrected chi connectivity index (χ1v) is 6.71. The van der Waals surface area contributed by atoms with E-state index in [4.69, 9.17) is 4.74 Å². The zero-order valence-electron chi connectivity index (χ0n) is 11.7. The molecule has 1 saturated heterocycles. The highest BCUT2D eigenvalue weighted by molar-refractivity contribution is 5.33. The Kier molecular flexibility index (Phi) is 4.61. The van der Waals surface area contributed by atoms with Crippen molar-refractivity contribution in [1.82, 2.24) is 9.80 Å². The fraction of sp³-hybridized carbons (Fsp3) is 0.600. The van der Waals surface area contributed by atoms with E-state index in [-0.39, 0.29) is 0 Å². The summed E-state index contributed by atoms with van der Waals surface area (Å²) in [4.78, 5) is 4.87. The minimum atomic E-state index is 0.700. The lowest BCUT2D eigenvalue weighted by Gasteiger charge is -2.35. The first-order chi connectivity index (χ1) is 8.70. The Morgan fingerprint density at radius 2 is 1.94 bits per heavy atom. The molecule has 0 amide bonds. The zero-order chi connectivity index (χ0) is 13.0. The minimum absolute atomic E-state index is 0.700. The molecule has 1 fully saturated rings. The summed E-state index contributed by atoms with van der Waals surface area (Å²) < 4.78 is 5.42. The Morgan fingerprint density at radius 3 is 2.61 bits per heavy atom. The van der Waals surface area contributed by atoms with Crippen LogP contribution in [0.5, 0.6) is 5.75 Å². The smallest absolute Gasteiger partial charge is 0.123 e. The van der Waals surface area contributed by atoms with Crippen molar-refractivity contribution in [2.75, 3.05) is 34.3 Å². The third-order valence-electron chi connectivity index (χ3n) is 3.92. The van der Waals surface area contributed by atoms with Crippen LogP contribution in [0.25, 0.3) is 0 Å². The van der Waals surface area contributed by atoms with Gasteiger partial charge in [-0.05, 0) is 46.1 Å². The Hall–Kier alpha value is -1.06. The predicted molar refractivity (Wildman–Crippen MR) is 75.0 cm³/mol. The van der Waals surface area contributed by atoms with Gasteiger partial charge in [0.2, 0.25) is 0 Å². The molecule has 1 aliphatic heterocycles. The number of piperidine rings is 1. The number of likely N-dealkylation sites (tertiary alicyclic amines) is 1. The van der Waals surface area contributed by atoms with Gasteiger partial charge in [-0.15, -0.1) is 0 Å². The van der Waals surface area contributed by atoms with Gasteiger partial charge in [0.25, 0.3) is 0 Å². The van der Waals surface area contributed by atoms with Crippen LogP contribution in [0.15, 0.2) is 24.3 Å². The molecular formula is C15H24N2O. The average molecular weight is 248 g/mol. The molecule has 0 aliphatic carbocycles. The summed E-state index contributed by atoms with van der Waals surface area (Å²) in [5.74, 6) is 0.997.